The number of rotatable bonds is 2. The molecule has 2 heterocycles. The fraction of sp³-hybridized carbons (Fsp3) is 0.500. The van der Waals surface area contributed by atoms with Crippen LogP contribution >= 0.6 is 0 Å². The van der Waals surface area contributed by atoms with Crippen molar-refractivity contribution in [2.75, 3.05) is 33.2 Å². The lowest BCUT2D eigenvalue weighted by Crippen LogP contribution is -2.50. The zero-order valence-electron chi connectivity index (χ0n) is 13.0. The maximum absolute atomic E-state index is 12.6. The van der Waals surface area contributed by atoms with Gasteiger partial charge in [-0.2, -0.15) is 0 Å². The molecule has 118 valence electrons. The summed E-state index contributed by atoms with van der Waals surface area (Å²) in [5.41, 5.74) is 8.89. The third-order valence-corrected chi connectivity index (χ3v) is 4.43. The Balaban J connectivity index is 1.66. The Kier molecular flexibility index (Phi) is 4.02. The minimum Gasteiger partial charge on any atom is -0.387 e. The van der Waals surface area contributed by atoms with Crippen LogP contribution in [0.2, 0.25) is 0 Å². The van der Waals surface area contributed by atoms with Gasteiger partial charge in [-0.25, -0.2) is 4.79 Å². The summed E-state index contributed by atoms with van der Waals surface area (Å²) in [5.74, 6) is 0.170. The van der Waals surface area contributed by atoms with E-state index in [1.165, 1.54) is 11.1 Å². The van der Waals surface area contributed by atoms with Gasteiger partial charge in [0.25, 0.3) is 0 Å². The first-order valence-corrected chi connectivity index (χ1v) is 7.69. The molecule has 2 aliphatic heterocycles. The highest BCUT2D eigenvalue weighted by Crippen LogP contribution is 2.25. The summed E-state index contributed by atoms with van der Waals surface area (Å²) in [6.45, 7) is 4.83. The third kappa shape index (κ3) is 3.06. The summed E-state index contributed by atoms with van der Waals surface area (Å²) in [6, 6.07) is 6.28. The minimum atomic E-state index is 0.136. The number of amides is 2. The van der Waals surface area contributed by atoms with Crippen molar-refractivity contribution in [1.82, 2.24) is 14.7 Å². The number of likely N-dealkylation sites (N-methyl/N-ethyl adjacent to an activating group) is 1. The predicted molar refractivity (Wildman–Crippen MR) is 85.8 cm³/mol. The molecule has 0 atom stereocenters. The number of piperazine rings is 1. The van der Waals surface area contributed by atoms with Gasteiger partial charge >= 0.3 is 6.03 Å². The first-order valence-electron chi connectivity index (χ1n) is 7.69. The number of nitrogens with zero attached hydrogens (tertiary/aromatic N) is 3. The second-order valence-corrected chi connectivity index (χ2v) is 6.23. The number of nitrogens with two attached hydrogens (primary N) is 1. The van der Waals surface area contributed by atoms with E-state index in [1.807, 2.05) is 15.9 Å². The maximum Gasteiger partial charge on any atom is 0.320 e. The van der Waals surface area contributed by atoms with E-state index >= 15 is 0 Å². The summed E-state index contributed by atoms with van der Waals surface area (Å²) in [5, 5.41) is 7.39. The Bertz CT molecular complexity index is 592. The highest BCUT2D eigenvalue weighted by molar-refractivity contribution is 5.79. The van der Waals surface area contributed by atoms with Crippen molar-refractivity contribution >= 4 is 11.9 Å². The monoisotopic (exact) mass is 301 g/mol. The topological polar surface area (TPSA) is 76.7 Å². The van der Waals surface area contributed by atoms with Gasteiger partial charge < -0.3 is 20.4 Å². The normalized spacial score (nSPS) is 18.4. The van der Waals surface area contributed by atoms with Crippen LogP contribution in [-0.4, -0.2) is 59.8 Å². The van der Waals surface area contributed by atoms with Crippen LogP contribution in [-0.2, 0) is 19.5 Å². The number of amidine groups is 1. The number of fused-ring (bicyclic) bond motifs is 1. The Labute approximate surface area is 131 Å². The molecule has 3 rings (SSSR count). The minimum absolute atomic E-state index is 0.136. The number of benzene rings is 1. The van der Waals surface area contributed by atoms with Crippen LogP contribution in [0.5, 0.6) is 0 Å². The molecule has 0 saturated carbocycles. The lowest BCUT2D eigenvalue weighted by Gasteiger charge is -2.34. The fourth-order valence-corrected chi connectivity index (χ4v) is 3.11. The Morgan fingerprint density at radius 2 is 1.82 bits per heavy atom. The zero-order chi connectivity index (χ0) is 15.7. The second kappa shape index (κ2) is 5.96. The standard InChI is InChI=1S/C16H23N5O/c1-19-4-6-20(7-5-19)16(22)21-10-13-3-2-12(9-15(17)18)8-14(13)11-21/h2-3,8H,4-7,9-11H2,1H3,(H3,17,18). The number of nitrogens with one attached hydrogen (secondary N) is 1. The Hall–Kier alpha value is -2.08. The van der Waals surface area contributed by atoms with Crippen molar-refractivity contribution in [3.63, 3.8) is 0 Å². The molecule has 3 N–H and O–H groups in total. The molecule has 1 fully saturated rings. The quantitative estimate of drug-likeness (QED) is 0.628. The van der Waals surface area contributed by atoms with Crippen LogP contribution in [0.25, 0.3) is 0 Å². The van der Waals surface area contributed by atoms with E-state index in [4.69, 9.17) is 11.1 Å². The lowest BCUT2D eigenvalue weighted by molar-refractivity contribution is 0.122. The molecule has 0 spiro atoms. The highest BCUT2D eigenvalue weighted by atomic mass is 16.2. The summed E-state index contributed by atoms with van der Waals surface area (Å²) in [4.78, 5) is 18.7. The molecule has 1 aromatic carbocycles. The van der Waals surface area contributed by atoms with Crippen molar-refractivity contribution in [2.24, 2.45) is 5.73 Å². The van der Waals surface area contributed by atoms with Gasteiger partial charge in [0.15, 0.2) is 0 Å². The van der Waals surface area contributed by atoms with Crippen LogP contribution < -0.4 is 5.73 Å². The molecule has 0 radical (unpaired) electrons. The summed E-state index contributed by atoms with van der Waals surface area (Å²) < 4.78 is 0. The van der Waals surface area contributed by atoms with Crippen molar-refractivity contribution in [1.29, 1.82) is 5.41 Å². The first kappa shape index (κ1) is 14.8. The molecule has 0 aliphatic carbocycles. The van der Waals surface area contributed by atoms with Gasteiger partial charge in [0, 0.05) is 45.7 Å². The number of carbonyl (C=O) groups is 1. The second-order valence-electron chi connectivity index (χ2n) is 6.23. The number of hydrogen-bond donors (Lipinski definition) is 2. The third-order valence-electron chi connectivity index (χ3n) is 4.43. The summed E-state index contributed by atoms with van der Waals surface area (Å²) in [6.07, 6.45) is 0.472. The van der Waals surface area contributed by atoms with E-state index in [-0.39, 0.29) is 11.9 Å². The van der Waals surface area contributed by atoms with Crippen LogP contribution in [0.15, 0.2) is 18.2 Å². The van der Waals surface area contributed by atoms with Crippen molar-refractivity contribution in [2.45, 2.75) is 19.5 Å². The number of hydrogen-bond acceptors (Lipinski definition) is 3. The van der Waals surface area contributed by atoms with Crippen molar-refractivity contribution < 1.29 is 4.79 Å². The molecule has 22 heavy (non-hydrogen) atoms. The molecule has 0 aromatic heterocycles. The zero-order valence-corrected chi connectivity index (χ0v) is 13.0. The molecule has 6 heteroatoms. The Morgan fingerprint density at radius 1 is 1.14 bits per heavy atom. The van der Waals surface area contributed by atoms with Crippen LogP contribution in [0.1, 0.15) is 16.7 Å². The van der Waals surface area contributed by atoms with Crippen LogP contribution in [0, 0.1) is 5.41 Å². The van der Waals surface area contributed by atoms with E-state index in [1.54, 1.807) is 0 Å². The molecule has 2 aliphatic rings. The fourth-order valence-electron chi connectivity index (χ4n) is 3.11. The SMILES string of the molecule is CN1CCN(C(=O)N2Cc3ccc(CC(=N)N)cc3C2)CC1. The summed E-state index contributed by atoms with van der Waals surface area (Å²) >= 11 is 0. The van der Waals surface area contributed by atoms with E-state index < -0.39 is 0 Å². The number of carbonyl (C=O) groups excluding carboxylic acids is 1. The van der Waals surface area contributed by atoms with Gasteiger partial charge in [-0.15, -0.1) is 0 Å². The maximum atomic E-state index is 12.6. The largest absolute Gasteiger partial charge is 0.387 e. The average molecular weight is 301 g/mol. The van der Waals surface area contributed by atoms with Gasteiger partial charge in [-0.05, 0) is 23.7 Å². The molecule has 1 saturated heterocycles. The van der Waals surface area contributed by atoms with E-state index in [2.05, 4.69) is 24.1 Å². The highest BCUT2D eigenvalue weighted by Gasteiger charge is 2.28. The van der Waals surface area contributed by atoms with E-state index in [0.717, 1.165) is 31.7 Å². The predicted octanol–water partition coefficient (Wildman–Crippen LogP) is 0.848. The first-order chi connectivity index (χ1) is 10.5. The van der Waals surface area contributed by atoms with E-state index in [9.17, 15) is 4.79 Å². The van der Waals surface area contributed by atoms with Gasteiger partial charge in [-0.1, -0.05) is 18.2 Å². The van der Waals surface area contributed by atoms with Gasteiger partial charge in [0.2, 0.25) is 0 Å². The Morgan fingerprint density at radius 3 is 2.50 bits per heavy atom. The molecule has 6 nitrogen and oxygen atoms in total. The van der Waals surface area contributed by atoms with Gasteiger partial charge in [-0.3, -0.25) is 5.41 Å². The molecule has 0 unspecified atom stereocenters. The molecule has 0 bridgehead atoms. The van der Waals surface area contributed by atoms with Gasteiger partial charge in [0.1, 0.15) is 0 Å². The summed E-state index contributed by atoms with van der Waals surface area (Å²) in [7, 11) is 2.09. The number of urea groups is 1. The van der Waals surface area contributed by atoms with Crippen LogP contribution in [0.3, 0.4) is 0 Å². The molecule has 2 amide bonds. The molecular formula is C16H23N5O. The van der Waals surface area contributed by atoms with Gasteiger partial charge in [0.05, 0.1) is 5.84 Å². The van der Waals surface area contributed by atoms with Crippen molar-refractivity contribution in [3.05, 3.63) is 34.9 Å². The van der Waals surface area contributed by atoms with E-state index in [0.29, 0.717) is 19.5 Å². The van der Waals surface area contributed by atoms with Crippen molar-refractivity contribution in [3.8, 4) is 0 Å². The molecular weight excluding hydrogens is 278 g/mol. The smallest absolute Gasteiger partial charge is 0.320 e. The van der Waals surface area contributed by atoms with Crippen LogP contribution in [0.4, 0.5) is 4.79 Å². The molecule has 1 aromatic rings. The lowest BCUT2D eigenvalue weighted by atomic mass is 10.0. The average Bonchev–Trinajstić information content (AvgIpc) is 2.90.